The number of benzene rings is 2. The molecule has 0 spiro atoms. The summed E-state index contributed by atoms with van der Waals surface area (Å²) in [5, 5.41) is 4.71. The van der Waals surface area contributed by atoms with Gasteiger partial charge in [-0.15, -0.1) is 0 Å². The van der Waals surface area contributed by atoms with Crippen LogP contribution in [0, 0.1) is 5.82 Å². The van der Waals surface area contributed by atoms with Crippen molar-refractivity contribution < 1.29 is 9.18 Å². The quantitative estimate of drug-likeness (QED) is 0.596. The first-order chi connectivity index (χ1) is 10.7. The van der Waals surface area contributed by atoms with E-state index in [1.807, 2.05) is 12.1 Å². The smallest absolute Gasteiger partial charge is 0.267 e. The van der Waals surface area contributed by atoms with Gasteiger partial charge in [0.05, 0.1) is 11.7 Å². The van der Waals surface area contributed by atoms with Crippen molar-refractivity contribution in [2.24, 2.45) is 5.10 Å². The van der Waals surface area contributed by atoms with Gasteiger partial charge in [-0.3, -0.25) is 9.78 Å². The van der Waals surface area contributed by atoms with Crippen LogP contribution in [0.3, 0.4) is 0 Å². The van der Waals surface area contributed by atoms with Crippen molar-refractivity contribution in [3.8, 4) is 0 Å². The number of halogens is 1. The molecule has 108 valence electrons. The van der Waals surface area contributed by atoms with Gasteiger partial charge in [-0.05, 0) is 42.0 Å². The maximum absolute atomic E-state index is 13.0. The van der Waals surface area contributed by atoms with Crippen LogP contribution in [0.25, 0.3) is 10.9 Å². The van der Waals surface area contributed by atoms with Crippen molar-refractivity contribution in [3.63, 3.8) is 0 Å². The van der Waals surface area contributed by atoms with Crippen LogP contribution < -0.4 is 5.43 Å². The van der Waals surface area contributed by atoms with E-state index in [0.29, 0.717) is 11.1 Å². The van der Waals surface area contributed by atoms with Crippen molar-refractivity contribution in [2.75, 3.05) is 0 Å². The van der Waals surface area contributed by atoms with Crippen LogP contribution in [0.5, 0.6) is 0 Å². The van der Waals surface area contributed by atoms with Crippen molar-refractivity contribution >= 4 is 23.0 Å². The maximum atomic E-state index is 13.0. The molecule has 3 rings (SSSR count). The molecular weight excluding hydrogens is 281 g/mol. The van der Waals surface area contributed by atoms with Crippen molar-refractivity contribution in [1.82, 2.24) is 10.4 Å². The molecule has 0 aliphatic carbocycles. The number of aromatic nitrogens is 1. The second-order valence-corrected chi connectivity index (χ2v) is 4.67. The molecule has 2 aromatic carbocycles. The third-order valence-corrected chi connectivity index (χ3v) is 3.09. The van der Waals surface area contributed by atoms with E-state index in [1.54, 1.807) is 36.5 Å². The lowest BCUT2D eigenvalue weighted by molar-refractivity contribution is 0.0955. The lowest BCUT2D eigenvalue weighted by atomic mass is 10.1. The molecular formula is C17H12FN3O. The number of hydrogen-bond donors (Lipinski definition) is 1. The molecule has 0 saturated heterocycles. The SMILES string of the molecule is O=C(N/N=C\c1cccc(F)c1)c1ccc2ncccc2c1. The zero-order chi connectivity index (χ0) is 15.4. The van der Waals surface area contributed by atoms with E-state index in [-0.39, 0.29) is 11.7 Å². The summed E-state index contributed by atoms with van der Waals surface area (Å²) in [6.07, 6.45) is 3.09. The standard InChI is InChI=1S/C17H12FN3O/c18-15-5-1-3-12(9-15)11-20-21-17(22)14-6-7-16-13(10-14)4-2-8-19-16/h1-11H,(H,21,22)/b20-11-. The van der Waals surface area contributed by atoms with Crippen LogP contribution in [0.4, 0.5) is 4.39 Å². The summed E-state index contributed by atoms with van der Waals surface area (Å²) < 4.78 is 13.0. The third-order valence-electron chi connectivity index (χ3n) is 3.09. The molecule has 0 bridgehead atoms. The molecule has 0 fully saturated rings. The molecule has 1 N–H and O–H groups in total. The molecule has 1 amide bonds. The van der Waals surface area contributed by atoms with E-state index in [4.69, 9.17) is 0 Å². The Morgan fingerprint density at radius 1 is 1.14 bits per heavy atom. The molecule has 5 heteroatoms. The lowest BCUT2D eigenvalue weighted by Gasteiger charge is -2.02. The first kappa shape index (κ1) is 13.9. The second-order valence-electron chi connectivity index (χ2n) is 4.67. The Morgan fingerprint density at radius 2 is 2.05 bits per heavy atom. The molecule has 0 atom stereocenters. The van der Waals surface area contributed by atoms with Gasteiger partial charge in [0.15, 0.2) is 0 Å². The number of pyridine rings is 1. The van der Waals surface area contributed by atoms with E-state index in [0.717, 1.165) is 10.9 Å². The van der Waals surface area contributed by atoms with Crippen LogP contribution in [0.1, 0.15) is 15.9 Å². The van der Waals surface area contributed by atoms with Gasteiger partial charge in [0, 0.05) is 17.1 Å². The fourth-order valence-corrected chi connectivity index (χ4v) is 2.03. The number of hydrogen-bond acceptors (Lipinski definition) is 3. The van der Waals surface area contributed by atoms with Crippen LogP contribution in [0.15, 0.2) is 65.9 Å². The van der Waals surface area contributed by atoms with Crippen LogP contribution in [-0.4, -0.2) is 17.1 Å². The predicted molar refractivity (Wildman–Crippen MR) is 83.2 cm³/mol. The highest BCUT2D eigenvalue weighted by molar-refractivity contribution is 5.98. The van der Waals surface area contributed by atoms with Gasteiger partial charge < -0.3 is 0 Å². The zero-order valence-electron chi connectivity index (χ0n) is 11.5. The molecule has 0 saturated carbocycles. The largest absolute Gasteiger partial charge is 0.271 e. The molecule has 0 radical (unpaired) electrons. The average Bonchev–Trinajstić information content (AvgIpc) is 2.54. The minimum Gasteiger partial charge on any atom is -0.267 e. The first-order valence-electron chi connectivity index (χ1n) is 6.66. The zero-order valence-corrected chi connectivity index (χ0v) is 11.5. The fourth-order valence-electron chi connectivity index (χ4n) is 2.03. The summed E-state index contributed by atoms with van der Waals surface area (Å²) in [7, 11) is 0. The average molecular weight is 293 g/mol. The Balaban J connectivity index is 1.73. The van der Waals surface area contributed by atoms with Crippen LogP contribution in [0.2, 0.25) is 0 Å². The van der Waals surface area contributed by atoms with E-state index in [9.17, 15) is 9.18 Å². The molecule has 22 heavy (non-hydrogen) atoms. The molecule has 1 aromatic heterocycles. The van der Waals surface area contributed by atoms with E-state index in [1.165, 1.54) is 18.3 Å². The Kier molecular flexibility index (Phi) is 3.87. The van der Waals surface area contributed by atoms with Gasteiger partial charge in [-0.2, -0.15) is 5.10 Å². The Morgan fingerprint density at radius 3 is 2.91 bits per heavy atom. The minimum absolute atomic E-state index is 0.335. The highest BCUT2D eigenvalue weighted by Crippen LogP contribution is 2.13. The van der Waals surface area contributed by atoms with Crippen molar-refractivity contribution in [2.45, 2.75) is 0 Å². The van der Waals surface area contributed by atoms with Gasteiger partial charge in [0.2, 0.25) is 0 Å². The summed E-state index contributed by atoms with van der Waals surface area (Å²) in [5.41, 5.74) is 4.30. The molecule has 0 aliphatic heterocycles. The van der Waals surface area contributed by atoms with Gasteiger partial charge >= 0.3 is 0 Å². The Hall–Kier alpha value is -3.08. The summed E-state index contributed by atoms with van der Waals surface area (Å²) in [6, 6.07) is 14.9. The number of carbonyl (C=O) groups excluding carboxylic acids is 1. The van der Waals surface area contributed by atoms with E-state index < -0.39 is 0 Å². The Labute approximate surface area is 126 Å². The summed E-state index contributed by atoms with van der Waals surface area (Å²) in [4.78, 5) is 16.2. The monoisotopic (exact) mass is 293 g/mol. The van der Waals surface area contributed by atoms with Crippen molar-refractivity contribution in [3.05, 3.63) is 77.7 Å². The van der Waals surface area contributed by atoms with Crippen molar-refractivity contribution in [1.29, 1.82) is 0 Å². The molecule has 4 nitrogen and oxygen atoms in total. The molecule has 0 unspecified atom stereocenters. The third kappa shape index (κ3) is 3.15. The van der Waals surface area contributed by atoms with Gasteiger partial charge in [0.25, 0.3) is 5.91 Å². The maximum Gasteiger partial charge on any atom is 0.271 e. The highest BCUT2D eigenvalue weighted by Gasteiger charge is 2.05. The van der Waals surface area contributed by atoms with Gasteiger partial charge in [0.1, 0.15) is 5.82 Å². The van der Waals surface area contributed by atoms with Crippen LogP contribution >= 0.6 is 0 Å². The lowest BCUT2D eigenvalue weighted by Crippen LogP contribution is -2.17. The number of fused-ring (bicyclic) bond motifs is 1. The summed E-state index contributed by atoms with van der Waals surface area (Å²) in [5.74, 6) is -0.685. The summed E-state index contributed by atoms with van der Waals surface area (Å²) in [6.45, 7) is 0. The molecule has 3 aromatic rings. The predicted octanol–water partition coefficient (Wildman–Crippen LogP) is 3.14. The Bertz CT molecular complexity index is 861. The number of nitrogens with zero attached hydrogens (tertiary/aromatic N) is 2. The highest BCUT2D eigenvalue weighted by atomic mass is 19.1. The first-order valence-corrected chi connectivity index (χ1v) is 6.66. The number of nitrogens with one attached hydrogen (secondary N) is 1. The number of amides is 1. The minimum atomic E-state index is -0.350. The number of hydrazone groups is 1. The van der Waals surface area contributed by atoms with E-state index in [2.05, 4.69) is 15.5 Å². The summed E-state index contributed by atoms with van der Waals surface area (Å²) >= 11 is 0. The van der Waals surface area contributed by atoms with Crippen LogP contribution in [-0.2, 0) is 0 Å². The normalized spacial score (nSPS) is 11.0. The topological polar surface area (TPSA) is 54.4 Å². The van der Waals surface area contributed by atoms with E-state index >= 15 is 0 Å². The number of carbonyl (C=O) groups is 1. The second kappa shape index (κ2) is 6.13. The fraction of sp³-hybridized carbons (Fsp3) is 0. The molecule has 0 aliphatic rings. The molecule has 1 heterocycles. The van der Waals surface area contributed by atoms with Gasteiger partial charge in [-0.25, -0.2) is 9.82 Å². The van der Waals surface area contributed by atoms with Gasteiger partial charge in [-0.1, -0.05) is 18.2 Å². The number of rotatable bonds is 3.